The number of ether oxygens (including phenoxy) is 2. The highest BCUT2D eigenvalue weighted by atomic mass is 31.1. The summed E-state index contributed by atoms with van der Waals surface area (Å²) >= 11 is 0. The average Bonchev–Trinajstić information content (AvgIpc) is 3.01. The molecule has 0 spiro atoms. The van der Waals surface area contributed by atoms with Crippen LogP contribution in [0.1, 0.15) is 41.5 Å². The van der Waals surface area contributed by atoms with E-state index in [1.807, 2.05) is 41.5 Å². The molecule has 0 bridgehead atoms. The van der Waals surface area contributed by atoms with E-state index in [2.05, 4.69) is 131 Å². The van der Waals surface area contributed by atoms with Crippen molar-refractivity contribution in [1.82, 2.24) is 0 Å². The molecule has 0 saturated carbocycles. The van der Waals surface area contributed by atoms with E-state index in [4.69, 9.17) is 0 Å². The first-order valence-electron chi connectivity index (χ1n) is 16.2. The molecule has 5 rings (SSSR count). The maximum atomic E-state index is 12.5. The maximum absolute atomic E-state index is 12.5. The van der Waals surface area contributed by atoms with Gasteiger partial charge in [0.15, 0.2) is 0 Å². The lowest BCUT2D eigenvalue weighted by atomic mass is 9.13. The van der Waals surface area contributed by atoms with Gasteiger partial charge in [-0.25, -0.2) is 0 Å². The van der Waals surface area contributed by atoms with Crippen LogP contribution in [0.25, 0.3) is 0 Å². The monoisotopic (exact) mass is 710 g/mol. The van der Waals surface area contributed by atoms with E-state index in [-0.39, 0.29) is 10.3 Å². The summed E-state index contributed by atoms with van der Waals surface area (Å²) in [6.07, 6.45) is -11.2. The van der Waals surface area contributed by atoms with E-state index in [1.54, 1.807) is 0 Å². The molecule has 50 heavy (non-hydrogen) atoms. The van der Waals surface area contributed by atoms with Gasteiger partial charge in [-0.1, -0.05) is 121 Å². The molecular formula is C40H42BF6O2P. The van der Waals surface area contributed by atoms with Crippen molar-refractivity contribution in [3.63, 3.8) is 0 Å². The Morgan fingerprint density at radius 3 is 0.900 bits per heavy atom. The molecule has 264 valence electrons. The van der Waals surface area contributed by atoms with E-state index in [0.717, 1.165) is 12.1 Å². The fourth-order valence-corrected chi connectivity index (χ4v) is 11.8. The second-order valence-corrected chi connectivity index (χ2v) is 18.5. The van der Waals surface area contributed by atoms with E-state index in [9.17, 15) is 26.3 Å². The Bertz CT molecular complexity index is 1570. The molecule has 0 amide bonds. The second kappa shape index (κ2) is 15.3. The molecule has 5 aromatic rings. The summed E-state index contributed by atoms with van der Waals surface area (Å²) < 4.78 is 82.9. The number of halogens is 6. The number of rotatable bonds is 7. The van der Waals surface area contributed by atoms with Crippen LogP contribution in [-0.2, 0) is 0 Å². The van der Waals surface area contributed by atoms with Crippen molar-refractivity contribution in [2.24, 2.45) is 0 Å². The molecule has 0 aliphatic rings. The van der Waals surface area contributed by atoms with Gasteiger partial charge in [0.05, 0.1) is 15.6 Å². The summed E-state index contributed by atoms with van der Waals surface area (Å²) in [6, 6.07) is 46.4. The highest BCUT2D eigenvalue weighted by molar-refractivity contribution is 7.68. The summed E-state index contributed by atoms with van der Waals surface area (Å²) in [7, 11) is -1.60. The van der Waals surface area contributed by atoms with E-state index in [1.165, 1.54) is 21.9 Å². The van der Waals surface area contributed by atoms with Gasteiger partial charge in [0.25, 0.3) is 0 Å². The van der Waals surface area contributed by atoms with Gasteiger partial charge in [0.1, 0.15) is 17.6 Å². The van der Waals surface area contributed by atoms with Gasteiger partial charge in [-0.05, 0) is 41.5 Å². The van der Waals surface area contributed by atoms with Gasteiger partial charge in [-0.2, -0.15) is 21.9 Å². The molecule has 0 unspecified atom stereocenters. The molecule has 10 heteroatoms. The normalized spacial score (nSPS) is 12.6. The smallest absolute Gasteiger partial charge is 0.405 e. The number of alkyl halides is 6. The van der Waals surface area contributed by atoms with Crippen molar-refractivity contribution in [3.05, 3.63) is 140 Å². The number of hydrogen-bond donors (Lipinski definition) is 0. The first-order valence-corrected chi connectivity index (χ1v) is 17.7. The van der Waals surface area contributed by atoms with E-state index >= 15 is 0 Å². The predicted molar refractivity (Wildman–Crippen MR) is 197 cm³/mol. The zero-order chi connectivity index (χ0) is 36.8. The van der Waals surface area contributed by atoms with E-state index in [0.29, 0.717) is 11.4 Å². The molecule has 0 radical (unpaired) electrons. The molecule has 0 aliphatic carbocycles. The zero-order valence-electron chi connectivity index (χ0n) is 28.9. The van der Waals surface area contributed by atoms with Crippen molar-refractivity contribution < 1.29 is 35.8 Å². The number of benzene rings is 5. The highest BCUT2D eigenvalue weighted by Crippen LogP contribution is 2.58. The SMILES string of the molecule is CC(C)(C)[PH+](c1cc(OC(F)(F)F)cc(OC(F)(F)F)c1)C(C)(C)C.c1ccc([B-](c2ccccc2)(c2ccccc2)c2ccccc2)cc1. The van der Waals surface area contributed by atoms with Crippen LogP contribution in [0.15, 0.2) is 140 Å². The first-order chi connectivity index (χ1) is 23.3. The minimum atomic E-state index is -5.01. The molecule has 0 aromatic heterocycles. The fourth-order valence-electron chi connectivity index (χ4n) is 7.21. The van der Waals surface area contributed by atoms with Gasteiger partial charge in [0, 0.05) is 26.1 Å². The lowest BCUT2D eigenvalue weighted by Crippen LogP contribution is -2.74. The molecule has 0 atom stereocenters. The highest BCUT2D eigenvalue weighted by Gasteiger charge is 2.45. The Kier molecular flexibility index (Phi) is 11.8. The van der Waals surface area contributed by atoms with Crippen LogP contribution in [-0.4, -0.2) is 29.2 Å². The summed E-state index contributed by atoms with van der Waals surface area (Å²) in [6.45, 7) is 11.5. The quantitative estimate of drug-likeness (QED) is 0.0955. The zero-order valence-corrected chi connectivity index (χ0v) is 29.9. The summed E-state index contributed by atoms with van der Waals surface area (Å²) in [5.41, 5.74) is 5.36. The van der Waals surface area contributed by atoms with Crippen LogP contribution in [0.3, 0.4) is 0 Å². The van der Waals surface area contributed by atoms with Crippen LogP contribution in [0.5, 0.6) is 11.5 Å². The van der Waals surface area contributed by atoms with Crippen LogP contribution in [0.2, 0.25) is 0 Å². The Hall–Kier alpha value is -4.23. The summed E-state index contributed by atoms with van der Waals surface area (Å²) in [5, 5.41) is -0.268. The molecule has 5 aromatic carbocycles. The lowest BCUT2D eigenvalue weighted by molar-refractivity contribution is -0.276. The standard InChI is InChI=1S/C24H20B.C16H21F6O2P/c1-5-13-21(14-6-1)25(22-15-7-2-8-16-22,23-17-9-3-10-18-23)24-19-11-4-12-20-24;1-13(2,3)25(14(4,5)6)12-8-10(23-15(17,18)19)7-11(9-12)24-16(20,21)22/h1-20H;7-9H,1-6H3/q-1;/p+1. The Labute approximate surface area is 292 Å². The minimum absolute atomic E-state index is 0.324. The van der Waals surface area contributed by atoms with Crippen LogP contribution in [0, 0.1) is 0 Å². The first kappa shape index (κ1) is 38.6. The van der Waals surface area contributed by atoms with Crippen LogP contribution in [0.4, 0.5) is 26.3 Å². The third-order valence-corrected chi connectivity index (χ3v) is 12.2. The Balaban J connectivity index is 0.000000225. The Morgan fingerprint density at radius 1 is 0.420 bits per heavy atom. The molecule has 2 nitrogen and oxygen atoms in total. The molecule has 0 saturated heterocycles. The molecule has 0 heterocycles. The molecule has 0 aliphatic heterocycles. The fraction of sp³-hybridized carbons (Fsp3) is 0.250. The summed E-state index contributed by atoms with van der Waals surface area (Å²) in [5.74, 6) is -1.44. The van der Waals surface area contributed by atoms with Crippen molar-refractivity contribution in [2.45, 2.75) is 64.6 Å². The molecule has 0 N–H and O–H groups in total. The van der Waals surface area contributed by atoms with Crippen molar-refractivity contribution in [2.75, 3.05) is 0 Å². The van der Waals surface area contributed by atoms with Crippen molar-refractivity contribution in [1.29, 1.82) is 0 Å². The average molecular weight is 711 g/mol. The van der Waals surface area contributed by atoms with Gasteiger partial charge in [0.2, 0.25) is 0 Å². The Morgan fingerprint density at radius 2 is 0.680 bits per heavy atom. The van der Waals surface area contributed by atoms with E-state index < -0.39 is 38.3 Å². The van der Waals surface area contributed by atoms with Crippen LogP contribution < -0.4 is 36.6 Å². The predicted octanol–water partition coefficient (Wildman–Crippen LogP) is 8.98. The molecule has 0 fully saturated rings. The third kappa shape index (κ3) is 9.94. The minimum Gasteiger partial charge on any atom is -0.405 e. The second-order valence-electron chi connectivity index (χ2n) is 14.2. The maximum Gasteiger partial charge on any atom is 0.573 e. The summed E-state index contributed by atoms with van der Waals surface area (Å²) in [4.78, 5) is 0. The number of hydrogen-bond acceptors (Lipinski definition) is 2. The van der Waals surface area contributed by atoms with Gasteiger partial charge in [-0.3, -0.25) is 0 Å². The van der Waals surface area contributed by atoms with Crippen LogP contribution >= 0.6 is 7.92 Å². The van der Waals surface area contributed by atoms with Gasteiger partial charge >= 0.3 is 12.7 Å². The lowest BCUT2D eigenvalue weighted by Gasteiger charge is -2.44. The largest absolute Gasteiger partial charge is 0.573 e. The molecular weight excluding hydrogens is 668 g/mol. The van der Waals surface area contributed by atoms with Crippen molar-refractivity contribution >= 4 is 41.2 Å². The van der Waals surface area contributed by atoms with Gasteiger partial charge < -0.3 is 9.47 Å². The van der Waals surface area contributed by atoms with Gasteiger partial charge in [-0.15, -0.1) is 26.3 Å². The topological polar surface area (TPSA) is 18.5 Å². The third-order valence-electron chi connectivity index (χ3n) is 8.33. The van der Waals surface area contributed by atoms with Crippen molar-refractivity contribution in [3.8, 4) is 11.5 Å².